The average molecular weight is 483 g/mol. The van der Waals surface area contributed by atoms with Crippen molar-refractivity contribution in [3.05, 3.63) is 63.6 Å². The minimum absolute atomic E-state index is 0.0601. The van der Waals surface area contributed by atoms with Gasteiger partial charge >= 0.3 is 0 Å². The Labute approximate surface area is 195 Å². The standard InChI is InChI=1S/C23H28Cl2N2O3S/c1-3-13-26(16-18-9-7-17(2)8-10-18)23(28)19-11-14-27(15-12-19)31(29,30)22-20(24)5-4-6-21(22)25/h4-10,19H,3,11-16H2,1-2H3. The molecular weight excluding hydrogens is 455 g/mol. The van der Waals surface area contributed by atoms with Gasteiger partial charge in [0.05, 0.1) is 10.0 Å². The summed E-state index contributed by atoms with van der Waals surface area (Å²) in [6, 6.07) is 12.8. The van der Waals surface area contributed by atoms with Crippen molar-refractivity contribution in [1.29, 1.82) is 0 Å². The van der Waals surface area contributed by atoms with Crippen LogP contribution in [-0.2, 0) is 21.4 Å². The van der Waals surface area contributed by atoms with E-state index in [1.165, 1.54) is 22.0 Å². The lowest BCUT2D eigenvalue weighted by Gasteiger charge is -2.34. The summed E-state index contributed by atoms with van der Waals surface area (Å²) < 4.78 is 27.5. The highest BCUT2D eigenvalue weighted by Gasteiger charge is 2.35. The van der Waals surface area contributed by atoms with Gasteiger partial charge in [0, 0.05) is 32.1 Å². The molecule has 0 atom stereocenters. The molecule has 2 aromatic carbocycles. The SMILES string of the molecule is CCCN(Cc1ccc(C)cc1)C(=O)C1CCN(S(=O)(=O)c2c(Cl)cccc2Cl)CC1. The van der Waals surface area contributed by atoms with E-state index in [2.05, 4.69) is 6.92 Å². The molecule has 1 saturated heterocycles. The van der Waals surface area contributed by atoms with E-state index < -0.39 is 10.0 Å². The van der Waals surface area contributed by atoms with E-state index in [0.717, 1.165) is 12.0 Å². The Morgan fingerprint density at radius 2 is 1.65 bits per heavy atom. The monoisotopic (exact) mass is 482 g/mol. The highest BCUT2D eigenvalue weighted by molar-refractivity contribution is 7.89. The van der Waals surface area contributed by atoms with Gasteiger partial charge < -0.3 is 4.90 Å². The molecule has 0 saturated carbocycles. The van der Waals surface area contributed by atoms with Crippen molar-refractivity contribution in [2.24, 2.45) is 5.92 Å². The number of sulfonamides is 1. The molecule has 1 aliphatic rings. The van der Waals surface area contributed by atoms with Crippen LogP contribution in [0.5, 0.6) is 0 Å². The molecular formula is C23H28Cl2N2O3S. The van der Waals surface area contributed by atoms with E-state index in [0.29, 0.717) is 25.9 Å². The Bertz CT molecular complexity index is 997. The number of hydrogen-bond acceptors (Lipinski definition) is 3. The summed E-state index contributed by atoms with van der Waals surface area (Å²) in [5, 5.41) is 0.218. The van der Waals surface area contributed by atoms with Crippen molar-refractivity contribution in [2.75, 3.05) is 19.6 Å². The predicted molar refractivity (Wildman–Crippen MR) is 125 cm³/mol. The Morgan fingerprint density at radius 1 is 1.06 bits per heavy atom. The first-order chi connectivity index (χ1) is 14.7. The summed E-state index contributed by atoms with van der Waals surface area (Å²) >= 11 is 12.2. The maximum absolute atomic E-state index is 13.2. The lowest BCUT2D eigenvalue weighted by atomic mass is 9.96. The Balaban J connectivity index is 1.68. The molecule has 1 heterocycles. The molecule has 2 aromatic rings. The molecule has 0 unspecified atom stereocenters. The van der Waals surface area contributed by atoms with Crippen LogP contribution in [-0.4, -0.2) is 43.2 Å². The third kappa shape index (κ3) is 5.61. The summed E-state index contributed by atoms with van der Waals surface area (Å²) in [4.78, 5) is 15.0. The number of amides is 1. The highest BCUT2D eigenvalue weighted by Crippen LogP contribution is 2.33. The van der Waals surface area contributed by atoms with Gasteiger partial charge in [-0.25, -0.2) is 8.42 Å². The van der Waals surface area contributed by atoms with Gasteiger partial charge in [-0.05, 0) is 43.9 Å². The van der Waals surface area contributed by atoms with Crippen molar-refractivity contribution >= 4 is 39.1 Å². The van der Waals surface area contributed by atoms with Crippen molar-refractivity contribution in [3.63, 3.8) is 0 Å². The third-order valence-corrected chi connectivity index (χ3v) is 8.47. The topological polar surface area (TPSA) is 57.7 Å². The predicted octanol–water partition coefficient (Wildman–Crippen LogP) is 5.14. The van der Waals surface area contributed by atoms with Crippen LogP contribution in [0.25, 0.3) is 0 Å². The third-order valence-electron chi connectivity index (χ3n) is 5.62. The molecule has 0 aromatic heterocycles. The molecule has 0 bridgehead atoms. The molecule has 1 amide bonds. The van der Waals surface area contributed by atoms with E-state index in [1.54, 1.807) is 6.07 Å². The Morgan fingerprint density at radius 3 is 2.19 bits per heavy atom. The van der Waals surface area contributed by atoms with Gasteiger partial charge in [-0.15, -0.1) is 0 Å². The van der Waals surface area contributed by atoms with E-state index in [9.17, 15) is 13.2 Å². The molecule has 3 rings (SSSR count). The molecule has 8 heteroatoms. The molecule has 5 nitrogen and oxygen atoms in total. The van der Waals surface area contributed by atoms with E-state index in [4.69, 9.17) is 23.2 Å². The second-order valence-electron chi connectivity index (χ2n) is 7.97. The van der Waals surface area contributed by atoms with E-state index in [-0.39, 0.29) is 39.9 Å². The highest BCUT2D eigenvalue weighted by atomic mass is 35.5. The zero-order chi connectivity index (χ0) is 22.6. The smallest absolute Gasteiger partial charge is 0.246 e. The number of piperidine rings is 1. The summed E-state index contributed by atoms with van der Waals surface area (Å²) in [7, 11) is -3.81. The first kappa shape index (κ1) is 24.1. The summed E-state index contributed by atoms with van der Waals surface area (Å²) in [5.41, 5.74) is 2.28. The number of halogens is 2. The summed E-state index contributed by atoms with van der Waals surface area (Å²) in [5.74, 6) is -0.0968. The van der Waals surface area contributed by atoms with E-state index >= 15 is 0 Å². The van der Waals surface area contributed by atoms with Gasteiger partial charge in [0.2, 0.25) is 15.9 Å². The van der Waals surface area contributed by atoms with Crippen molar-refractivity contribution < 1.29 is 13.2 Å². The van der Waals surface area contributed by atoms with Crippen LogP contribution >= 0.6 is 23.2 Å². The molecule has 0 aliphatic carbocycles. The van der Waals surface area contributed by atoms with Gasteiger partial charge in [-0.2, -0.15) is 4.31 Å². The second kappa shape index (κ2) is 10.3. The maximum atomic E-state index is 13.2. The fraction of sp³-hybridized carbons (Fsp3) is 0.435. The largest absolute Gasteiger partial charge is 0.338 e. The number of rotatable bonds is 7. The van der Waals surface area contributed by atoms with Crippen LogP contribution in [0.1, 0.15) is 37.3 Å². The minimum Gasteiger partial charge on any atom is -0.338 e. The van der Waals surface area contributed by atoms with Crippen LogP contribution < -0.4 is 0 Å². The normalized spacial score (nSPS) is 15.7. The first-order valence-electron chi connectivity index (χ1n) is 10.5. The zero-order valence-electron chi connectivity index (χ0n) is 17.9. The number of hydrogen-bond donors (Lipinski definition) is 0. The first-order valence-corrected chi connectivity index (χ1v) is 12.7. The molecule has 0 radical (unpaired) electrons. The quantitative estimate of drug-likeness (QED) is 0.548. The lowest BCUT2D eigenvalue weighted by Crippen LogP contribution is -2.44. The number of carbonyl (C=O) groups is 1. The number of benzene rings is 2. The molecule has 31 heavy (non-hydrogen) atoms. The van der Waals surface area contributed by atoms with Gasteiger partial charge in [-0.1, -0.05) is 66.0 Å². The second-order valence-corrected chi connectivity index (χ2v) is 10.7. The fourth-order valence-corrected chi connectivity index (χ4v) is 6.47. The molecule has 0 spiro atoms. The number of nitrogens with zero attached hydrogens (tertiary/aromatic N) is 2. The fourth-order valence-electron chi connectivity index (χ4n) is 3.91. The molecule has 1 fully saturated rings. The van der Waals surface area contributed by atoms with Gasteiger partial charge in [0.15, 0.2) is 0 Å². The van der Waals surface area contributed by atoms with Crippen LogP contribution in [0.15, 0.2) is 47.4 Å². The van der Waals surface area contributed by atoms with Gasteiger partial charge in [-0.3, -0.25) is 4.79 Å². The zero-order valence-corrected chi connectivity index (χ0v) is 20.2. The van der Waals surface area contributed by atoms with Crippen LogP contribution in [0, 0.1) is 12.8 Å². The minimum atomic E-state index is -3.81. The Kier molecular flexibility index (Phi) is 8.03. The van der Waals surface area contributed by atoms with Gasteiger partial charge in [0.25, 0.3) is 0 Å². The van der Waals surface area contributed by atoms with E-state index in [1.807, 2.05) is 36.1 Å². The molecule has 0 N–H and O–H groups in total. The molecule has 168 valence electrons. The number of aryl methyl sites for hydroxylation is 1. The summed E-state index contributed by atoms with van der Waals surface area (Å²) in [6.07, 6.45) is 1.83. The summed E-state index contributed by atoms with van der Waals surface area (Å²) in [6.45, 7) is 5.88. The van der Waals surface area contributed by atoms with Crippen molar-refractivity contribution in [2.45, 2.75) is 44.6 Å². The molecule has 1 aliphatic heterocycles. The number of carbonyl (C=O) groups excluding carboxylic acids is 1. The Hall–Kier alpha value is -1.60. The van der Waals surface area contributed by atoms with Gasteiger partial charge in [0.1, 0.15) is 4.90 Å². The van der Waals surface area contributed by atoms with Crippen LogP contribution in [0.4, 0.5) is 0 Å². The van der Waals surface area contributed by atoms with Crippen LogP contribution in [0.2, 0.25) is 10.0 Å². The van der Waals surface area contributed by atoms with Crippen LogP contribution in [0.3, 0.4) is 0 Å². The van der Waals surface area contributed by atoms with Crippen molar-refractivity contribution in [3.8, 4) is 0 Å². The maximum Gasteiger partial charge on any atom is 0.246 e. The lowest BCUT2D eigenvalue weighted by molar-refractivity contribution is -0.137. The van der Waals surface area contributed by atoms with Crippen molar-refractivity contribution in [1.82, 2.24) is 9.21 Å². The average Bonchev–Trinajstić information content (AvgIpc) is 2.74.